The average molecular weight is 318 g/mol. The zero-order chi connectivity index (χ0) is 13.2. The molecular weight excluding hydrogens is 306 g/mol. The fraction of sp³-hybridized carbons (Fsp3) is 0.0714. The van der Waals surface area contributed by atoms with Crippen molar-refractivity contribution >= 4 is 26.8 Å². The summed E-state index contributed by atoms with van der Waals surface area (Å²) >= 11 is 3.56. The lowest BCUT2D eigenvalue weighted by molar-refractivity contribution is 0.551. The first-order valence-electron chi connectivity index (χ1n) is 5.83. The molecule has 3 N–H and O–H groups in total. The molecule has 0 aliphatic carbocycles. The third kappa shape index (κ3) is 2.28. The summed E-state index contributed by atoms with van der Waals surface area (Å²) in [4.78, 5) is 4.67. The molecule has 96 valence electrons. The van der Waals surface area contributed by atoms with Crippen molar-refractivity contribution in [1.29, 1.82) is 0 Å². The number of hydrogen-bond acceptors (Lipinski definition) is 4. The largest absolute Gasteiger partial charge is 0.472 e. The summed E-state index contributed by atoms with van der Waals surface area (Å²) in [7, 11) is 0. The Morgan fingerprint density at radius 2 is 2.11 bits per heavy atom. The van der Waals surface area contributed by atoms with E-state index in [1.807, 2.05) is 36.4 Å². The first-order chi connectivity index (χ1) is 9.29. The molecule has 0 aliphatic rings. The number of pyridine rings is 1. The molecular formula is C14H12BrN3O. The van der Waals surface area contributed by atoms with E-state index in [1.165, 1.54) is 0 Å². The van der Waals surface area contributed by atoms with E-state index in [-0.39, 0.29) is 6.04 Å². The highest BCUT2D eigenvalue weighted by Gasteiger charge is 2.18. The fourth-order valence-corrected chi connectivity index (χ4v) is 2.64. The molecule has 1 aromatic carbocycles. The Kier molecular flexibility index (Phi) is 3.33. The molecule has 2 aromatic heterocycles. The van der Waals surface area contributed by atoms with Crippen molar-refractivity contribution in [3.05, 3.63) is 64.7 Å². The SMILES string of the molecule is NNC(c1ccoc1)c1nc2ccccc2cc1Br. The molecule has 0 aliphatic heterocycles. The Morgan fingerprint density at radius 1 is 1.26 bits per heavy atom. The van der Waals surface area contributed by atoms with Gasteiger partial charge in [0.2, 0.25) is 0 Å². The average Bonchev–Trinajstić information content (AvgIpc) is 2.94. The number of nitrogens with one attached hydrogen (secondary N) is 1. The third-order valence-corrected chi connectivity index (χ3v) is 3.66. The summed E-state index contributed by atoms with van der Waals surface area (Å²) in [5, 5.41) is 1.08. The molecule has 2 heterocycles. The number of fused-ring (bicyclic) bond motifs is 1. The van der Waals surface area contributed by atoms with Crippen molar-refractivity contribution in [2.24, 2.45) is 5.84 Å². The quantitative estimate of drug-likeness (QED) is 0.575. The molecule has 0 bridgehead atoms. The Hall–Kier alpha value is -1.69. The van der Waals surface area contributed by atoms with Crippen LogP contribution in [-0.2, 0) is 0 Å². The molecule has 4 nitrogen and oxygen atoms in total. The number of benzene rings is 1. The van der Waals surface area contributed by atoms with Crippen LogP contribution in [0.2, 0.25) is 0 Å². The predicted molar refractivity (Wildman–Crippen MR) is 77.3 cm³/mol. The van der Waals surface area contributed by atoms with E-state index in [1.54, 1.807) is 12.5 Å². The van der Waals surface area contributed by atoms with Crippen molar-refractivity contribution < 1.29 is 4.42 Å². The van der Waals surface area contributed by atoms with E-state index in [2.05, 4.69) is 26.3 Å². The summed E-state index contributed by atoms with van der Waals surface area (Å²) in [6, 6.07) is 11.7. The van der Waals surface area contributed by atoms with Crippen LogP contribution in [0, 0.1) is 0 Å². The number of rotatable bonds is 3. The van der Waals surface area contributed by atoms with Gasteiger partial charge >= 0.3 is 0 Å². The molecule has 0 radical (unpaired) electrons. The molecule has 0 saturated heterocycles. The second kappa shape index (κ2) is 5.13. The maximum atomic E-state index is 5.66. The van der Waals surface area contributed by atoms with Gasteiger partial charge in [-0.15, -0.1) is 0 Å². The van der Waals surface area contributed by atoms with Crippen LogP contribution >= 0.6 is 15.9 Å². The Labute approximate surface area is 118 Å². The van der Waals surface area contributed by atoms with Crippen LogP contribution in [0.4, 0.5) is 0 Å². The molecule has 3 rings (SSSR count). The summed E-state index contributed by atoms with van der Waals surface area (Å²) in [5.74, 6) is 5.66. The van der Waals surface area contributed by atoms with Gasteiger partial charge in [-0.1, -0.05) is 18.2 Å². The highest BCUT2D eigenvalue weighted by atomic mass is 79.9. The molecule has 0 saturated carbocycles. The molecule has 3 aromatic rings. The van der Waals surface area contributed by atoms with Crippen molar-refractivity contribution in [2.75, 3.05) is 0 Å². The highest BCUT2D eigenvalue weighted by Crippen LogP contribution is 2.29. The van der Waals surface area contributed by atoms with Gasteiger partial charge in [-0.3, -0.25) is 5.84 Å². The number of para-hydroxylation sites is 1. The van der Waals surface area contributed by atoms with Crippen LogP contribution in [-0.4, -0.2) is 4.98 Å². The van der Waals surface area contributed by atoms with Crippen LogP contribution in [0.3, 0.4) is 0 Å². The van der Waals surface area contributed by atoms with Crippen LogP contribution in [0.5, 0.6) is 0 Å². The minimum atomic E-state index is -0.210. The van der Waals surface area contributed by atoms with Gasteiger partial charge in [-0.05, 0) is 34.1 Å². The van der Waals surface area contributed by atoms with Gasteiger partial charge in [0, 0.05) is 15.4 Å². The molecule has 0 spiro atoms. The van der Waals surface area contributed by atoms with Gasteiger partial charge in [-0.25, -0.2) is 10.4 Å². The normalized spacial score (nSPS) is 12.7. The third-order valence-electron chi connectivity index (χ3n) is 3.02. The van der Waals surface area contributed by atoms with Crippen LogP contribution < -0.4 is 11.3 Å². The summed E-state index contributed by atoms with van der Waals surface area (Å²) in [6.07, 6.45) is 3.28. The number of nitrogens with zero attached hydrogens (tertiary/aromatic N) is 1. The minimum absolute atomic E-state index is 0.210. The van der Waals surface area contributed by atoms with Crippen LogP contribution in [0.1, 0.15) is 17.3 Å². The molecule has 1 unspecified atom stereocenters. The molecule has 0 amide bonds. The Bertz CT molecular complexity index is 697. The predicted octanol–water partition coefficient (Wildman–Crippen LogP) is 3.14. The molecule has 1 atom stereocenters. The smallest absolute Gasteiger partial charge is 0.0954 e. The number of aromatic nitrogens is 1. The second-order valence-electron chi connectivity index (χ2n) is 4.20. The van der Waals surface area contributed by atoms with E-state index in [9.17, 15) is 0 Å². The Balaban J connectivity index is 2.15. The topological polar surface area (TPSA) is 64.1 Å². The van der Waals surface area contributed by atoms with Crippen molar-refractivity contribution in [1.82, 2.24) is 10.4 Å². The van der Waals surface area contributed by atoms with E-state index >= 15 is 0 Å². The maximum Gasteiger partial charge on any atom is 0.0954 e. The highest BCUT2D eigenvalue weighted by molar-refractivity contribution is 9.10. The van der Waals surface area contributed by atoms with Gasteiger partial charge in [0.1, 0.15) is 0 Å². The Morgan fingerprint density at radius 3 is 2.84 bits per heavy atom. The number of furan rings is 1. The summed E-state index contributed by atoms with van der Waals surface area (Å²) in [5.41, 5.74) is 5.48. The van der Waals surface area contributed by atoms with Gasteiger partial charge in [0.25, 0.3) is 0 Å². The van der Waals surface area contributed by atoms with E-state index < -0.39 is 0 Å². The van der Waals surface area contributed by atoms with E-state index in [4.69, 9.17) is 10.3 Å². The minimum Gasteiger partial charge on any atom is -0.472 e. The fourth-order valence-electron chi connectivity index (χ4n) is 2.08. The van der Waals surface area contributed by atoms with Gasteiger partial charge in [0.05, 0.1) is 29.8 Å². The molecule has 19 heavy (non-hydrogen) atoms. The first-order valence-corrected chi connectivity index (χ1v) is 6.62. The number of hydrogen-bond donors (Lipinski definition) is 2. The van der Waals surface area contributed by atoms with Gasteiger partial charge in [-0.2, -0.15) is 0 Å². The lowest BCUT2D eigenvalue weighted by Gasteiger charge is -2.16. The summed E-state index contributed by atoms with van der Waals surface area (Å²) in [6.45, 7) is 0. The lowest BCUT2D eigenvalue weighted by Crippen LogP contribution is -2.29. The zero-order valence-corrected chi connectivity index (χ0v) is 11.6. The number of hydrazine groups is 1. The molecule has 5 heteroatoms. The lowest BCUT2D eigenvalue weighted by atomic mass is 10.1. The monoisotopic (exact) mass is 317 g/mol. The van der Waals surface area contributed by atoms with Crippen LogP contribution in [0.25, 0.3) is 10.9 Å². The standard InChI is InChI=1S/C14H12BrN3O/c15-11-7-9-3-1-2-4-12(9)17-14(11)13(18-16)10-5-6-19-8-10/h1-8,13,18H,16H2. The zero-order valence-electron chi connectivity index (χ0n) is 10.0. The second-order valence-corrected chi connectivity index (χ2v) is 5.06. The van der Waals surface area contributed by atoms with Gasteiger partial charge < -0.3 is 4.42 Å². The summed E-state index contributed by atoms with van der Waals surface area (Å²) < 4.78 is 6.02. The molecule has 0 fully saturated rings. The number of nitrogens with two attached hydrogens (primary N) is 1. The van der Waals surface area contributed by atoms with E-state index in [0.29, 0.717) is 0 Å². The van der Waals surface area contributed by atoms with Crippen molar-refractivity contribution in [3.8, 4) is 0 Å². The maximum absolute atomic E-state index is 5.66. The first kappa shape index (κ1) is 12.3. The number of halogens is 1. The van der Waals surface area contributed by atoms with Gasteiger partial charge in [0.15, 0.2) is 0 Å². The van der Waals surface area contributed by atoms with Crippen molar-refractivity contribution in [2.45, 2.75) is 6.04 Å². The van der Waals surface area contributed by atoms with Crippen LogP contribution in [0.15, 0.2) is 57.8 Å². The van der Waals surface area contributed by atoms with E-state index in [0.717, 1.165) is 26.6 Å². The van der Waals surface area contributed by atoms with Crippen molar-refractivity contribution in [3.63, 3.8) is 0 Å².